The number of hydrogen-bond acceptors (Lipinski definition) is 0. The fourth-order valence-corrected chi connectivity index (χ4v) is 11.7. The molecule has 3 heterocycles. The van der Waals surface area contributed by atoms with Gasteiger partial charge >= 0.3 is 0 Å². The Labute approximate surface area is 486 Å². The molecule has 3 nitrogen and oxygen atoms in total. The first-order valence-electron chi connectivity index (χ1n) is 30.8. The van der Waals surface area contributed by atoms with Gasteiger partial charge in [-0.3, -0.25) is 0 Å². The summed E-state index contributed by atoms with van der Waals surface area (Å²) >= 11 is 10.6. The third-order valence-electron chi connectivity index (χ3n) is 14.9. The SMILES string of the molecule is BrCCCCCc1cc(CCCCCBr)cc(CCCCCBr)c1.CCCCc1ccc[n+](CCCCCc2cc(CCCCC[n+]3cccc(CCCC)c3)cc(CCCCC[n+]3cccc(CCCC)c3)c2)c1. The molecule has 0 radical (unpaired) electrons. The van der Waals surface area contributed by atoms with E-state index in [1.54, 1.807) is 33.4 Å². The van der Waals surface area contributed by atoms with Crippen LogP contribution in [-0.2, 0) is 77.4 Å². The molecule has 6 heteroatoms. The third kappa shape index (κ3) is 30.9. The molecule has 0 N–H and O–H groups in total. The van der Waals surface area contributed by atoms with Gasteiger partial charge in [-0.15, -0.1) is 0 Å². The molecule has 0 aliphatic heterocycles. The third-order valence-corrected chi connectivity index (χ3v) is 16.6. The van der Waals surface area contributed by atoms with Gasteiger partial charge in [-0.25, -0.2) is 13.7 Å². The van der Waals surface area contributed by atoms with E-state index in [4.69, 9.17) is 0 Å². The van der Waals surface area contributed by atoms with Crippen LogP contribution >= 0.6 is 47.8 Å². The predicted molar refractivity (Wildman–Crippen MR) is 335 cm³/mol. The molecule has 5 rings (SSSR count). The number of alkyl halides is 3. The average Bonchev–Trinajstić information content (AvgIpc) is 3.43. The zero-order chi connectivity index (χ0) is 53.2. The van der Waals surface area contributed by atoms with E-state index in [0.29, 0.717) is 0 Å². The minimum atomic E-state index is 1.13. The number of aromatic nitrogens is 3. The topological polar surface area (TPSA) is 11.6 Å². The van der Waals surface area contributed by atoms with Gasteiger partial charge in [0, 0.05) is 70.1 Å². The van der Waals surface area contributed by atoms with Gasteiger partial charge < -0.3 is 0 Å². The molecule has 2 aromatic carbocycles. The lowest BCUT2D eigenvalue weighted by molar-refractivity contribution is -0.697. The number of pyridine rings is 3. The van der Waals surface area contributed by atoms with Crippen molar-refractivity contribution in [3.05, 3.63) is 160 Å². The van der Waals surface area contributed by atoms with E-state index < -0.39 is 0 Å². The number of unbranched alkanes of at least 4 members (excludes halogenated alkanes) is 15. The molecule has 0 spiro atoms. The monoisotopic (exact) mass is 1210 g/mol. The summed E-state index contributed by atoms with van der Waals surface area (Å²) < 4.78 is 7.23. The molecule has 414 valence electrons. The molecular formula is C69H105Br3N3+3. The summed E-state index contributed by atoms with van der Waals surface area (Å²) in [4.78, 5) is 0. The lowest BCUT2D eigenvalue weighted by atomic mass is 9.95. The molecule has 5 aromatic rings. The van der Waals surface area contributed by atoms with Crippen molar-refractivity contribution >= 4 is 47.8 Å². The Balaban J connectivity index is 0.000000424. The Morgan fingerprint density at radius 3 is 0.720 bits per heavy atom. The van der Waals surface area contributed by atoms with Gasteiger partial charge in [0.25, 0.3) is 0 Å². The van der Waals surface area contributed by atoms with Gasteiger partial charge in [0.2, 0.25) is 0 Å². The number of nitrogens with zero attached hydrogens (tertiary/aromatic N) is 3. The minimum absolute atomic E-state index is 1.13. The highest BCUT2D eigenvalue weighted by atomic mass is 79.9. The molecule has 0 bridgehead atoms. The van der Waals surface area contributed by atoms with Gasteiger partial charge in [-0.2, -0.15) is 0 Å². The quantitative estimate of drug-likeness (QED) is 0.0210. The van der Waals surface area contributed by atoms with Crippen molar-refractivity contribution in [2.24, 2.45) is 0 Å². The summed E-state index contributed by atoms with van der Waals surface area (Å²) in [5, 5.41) is 3.41. The molecule has 3 aromatic heterocycles. The number of rotatable bonds is 42. The maximum absolute atomic E-state index is 3.53. The second-order valence-corrected chi connectivity index (χ2v) is 24.3. The summed E-state index contributed by atoms with van der Waals surface area (Å²) in [5.41, 5.74) is 13.8. The summed E-state index contributed by atoms with van der Waals surface area (Å²) in [6, 6.07) is 28.6. The normalized spacial score (nSPS) is 11.3. The van der Waals surface area contributed by atoms with E-state index in [9.17, 15) is 0 Å². The van der Waals surface area contributed by atoms with Gasteiger partial charge in [0.1, 0.15) is 19.6 Å². The molecule has 0 saturated heterocycles. The first-order valence-corrected chi connectivity index (χ1v) is 34.2. The number of aryl methyl sites for hydroxylation is 12. The van der Waals surface area contributed by atoms with E-state index in [0.717, 1.165) is 35.6 Å². The van der Waals surface area contributed by atoms with Crippen LogP contribution in [0.1, 0.15) is 225 Å². The lowest BCUT2D eigenvalue weighted by Gasteiger charge is -2.11. The highest BCUT2D eigenvalue weighted by Gasteiger charge is 2.09. The fourth-order valence-electron chi connectivity index (χ4n) is 10.5. The van der Waals surface area contributed by atoms with E-state index in [-0.39, 0.29) is 0 Å². The highest BCUT2D eigenvalue weighted by molar-refractivity contribution is 9.09. The molecule has 0 fully saturated rings. The van der Waals surface area contributed by atoms with Crippen LogP contribution in [0.25, 0.3) is 0 Å². The summed E-state index contributed by atoms with van der Waals surface area (Å²) in [7, 11) is 0. The maximum atomic E-state index is 3.53. The van der Waals surface area contributed by atoms with Gasteiger partial charge in [0.15, 0.2) is 37.2 Å². The Kier molecular flexibility index (Phi) is 37.4. The summed E-state index contributed by atoms with van der Waals surface area (Å²) in [6.45, 7) is 10.2. The maximum Gasteiger partial charge on any atom is 0.171 e. The van der Waals surface area contributed by atoms with Crippen molar-refractivity contribution in [1.29, 1.82) is 0 Å². The van der Waals surface area contributed by atoms with Crippen LogP contribution in [0.3, 0.4) is 0 Å². The van der Waals surface area contributed by atoms with E-state index >= 15 is 0 Å². The van der Waals surface area contributed by atoms with Crippen LogP contribution in [0.15, 0.2) is 110 Å². The Bertz CT molecular complexity index is 1920. The molecular weight excluding hydrogens is 1110 g/mol. The zero-order valence-corrected chi connectivity index (χ0v) is 52.7. The standard InChI is InChI=1S/C48H72N3.C21H33Br3/c1-4-7-22-43-28-19-34-49(40-43)31-16-10-13-25-46-37-47(26-14-11-17-32-50-35-20-29-44(41-50)23-8-5-2)39-48(38-46)27-15-12-18-33-51-36-21-30-45(42-51)24-9-6-3;22-13-7-1-4-10-19-16-20(11-5-2-8-14-23)18-21(17-19)12-6-3-9-15-24/h19-21,28-30,34-42H,4-18,22-27,31-33H2,1-3H3;16-18H,1-15H2/q+3;. The van der Waals surface area contributed by atoms with Crippen molar-refractivity contribution in [3.63, 3.8) is 0 Å². The predicted octanol–water partition coefficient (Wildman–Crippen LogP) is 18.8. The van der Waals surface area contributed by atoms with Crippen LogP contribution in [-0.4, -0.2) is 16.0 Å². The molecule has 0 amide bonds. The number of benzene rings is 2. The smallest absolute Gasteiger partial charge is 0.171 e. The molecule has 0 saturated carbocycles. The first-order chi connectivity index (χ1) is 36.9. The van der Waals surface area contributed by atoms with Gasteiger partial charge in [-0.05, 0) is 206 Å². The highest BCUT2D eigenvalue weighted by Crippen LogP contribution is 2.21. The Morgan fingerprint density at radius 1 is 0.267 bits per heavy atom. The van der Waals surface area contributed by atoms with Crippen LogP contribution in [0.4, 0.5) is 0 Å². The van der Waals surface area contributed by atoms with Crippen molar-refractivity contribution in [2.75, 3.05) is 16.0 Å². The van der Waals surface area contributed by atoms with Crippen molar-refractivity contribution < 1.29 is 13.7 Å². The van der Waals surface area contributed by atoms with Crippen LogP contribution in [0.5, 0.6) is 0 Å². The van der Waals surface area contributed by atoms with Gasteiger partial charge in [-0.1, -0.05) is 143 Å². The van der Waals surface area contributed by atoms with Crippen molar-refractivity contribution in [1.82, 2.24) is 0 Å². The second kappa shape index (κ2) is 43.2. The van der Waals surface area contributed by atoms with E-state index in [1.807, 2.05) is 0 Å². The lowest BCUT2D eigenvalue weighted by Crippen LogP contribution is -2.33. The molecule has 0 aliphatic carbocycles. The summed E-state index contributed by atoms with van der Waals surface area (Å²) in [5.74, 6) is 0. The van der Waals surface area contributed by atoms with Crippen LogP contribution < -0.4 is 13.7 Å². The Hall–Kier alpha value is -2.67. The number of hydrogen-bond donors (Lipinski definition) is 0. The zero-order valence-electron chi connectivity index (χ0n) is 47.9. The summed E-state index contributed by atoms with van der Waals surface area (Å²) in [6.07, 6.45) is 55.8. The van der Waals surface area contributed by atoms with Crippen LogP contribution in [0.2, 0.25) is 0 Å². The van der Waals surface area contributed by atoms with Gasteiger partial charge in [0.05, 0.1) is 0 Å². The van der Waals surface area contributed by atoms with Crippen LogP contribution in [0, 0.1) is 0 Å². The van der Waals surface area contributed by atoms with Crippen molar-refractivity contribution in [3.8, 4) is 0 Å². The fraction of sp³-hybridized carbons (Fsp3) is 0.609. The second-order valence-electron chi connectivity index (χ2n) is 21.9. The largest absolute Gasteiger partial charge is 0.205 e. The molecule has 0 atom stereocenters. The minimum Gasteiger partial charge on any atom is -0.205 e. The number of halogens is 3. The van der Waals surface area contributed by atoms with Crippen molar-refractivity contribution in [2.45, 2.75) is 252 Å². The van der Waals surface area contributed by atoms with E-state index in [2.05, 4.69) is 192 Å². The molecule has 0 unspecified atom stereocenters. The van der Waals surface area contributed by atoms with E-state index in [1.165, 1.54) is 229 Å². The average molecular weight is 1220 g/mol. The first kappa shape index (κ1) is 64.9. The molecule has 0 aliphatic rings. The molecule has 75 heavy (non-hydrogen) atoms. The Morgan fingerprint density at radius 2 is 0.493 bits per heavy atom.